The number of aliphatic hydroxyl groups excluding tert-OH is 1. The molecule has 2 rings (SSSR count). The normalized spacial score (nSPS) is 11.9. The van der Waals surface area contributed by atoms with E-state index in [1.165, 1.54) is 6.21 Å². The van der Waals surface area contributed by atoms with E-state index in [-0.39, 0.29) is 19.1 Å². The van der Waals surface area contributed by atoms with E-state index in [2.05, 4.69) is 21.1 Å². The number of benzene rings is 2. The van der Waals surface area contributed by atoms with Gasteiger partial charge < -0.3 is 21.6 Å². The fraction of sp³-hybridized carbons (Fsp3) is 0.286. The van der Waals surface area contributed by atoms with Gasteiger partial charge in [-0.05, 0) is 23.1 Å². The van der Waals surface area contributed by atoms with Gasteiger partial charge in [-0.15, -0.1) is 0 Å². The summed E-state index contributed by atoms with van der Waals surface area (Å²) in [7, 11) is 0. The summed E-state index contributed by atoms with van der Waals surface area (Å²) in [5.74, 6) is 4.40. The Kier molecular flexibility index (Phi) is 9.34. The number of nitrogens with one attached hydrogen (secondary N) is 3. The standard InChI is InChI=1S/C21H27N5O3/c22-26-13-18-8-6-17(7-9-18)12-24-19(15-27)21(29)25-14-20(28)23-11-10-16-4-2-1-3-5-16/h1-9,13,19,24,27H,10-12,14-15,22H2,(H,23,28)(H,25,29). The van der Waals surface area contributed by atoms with E-state index in [0.29, 0.717) is 13.1 Å². The van der Waals surface area contributed by atoms with Gasteiger partial charge in [-0.25, -0.2) is 0 Å². The zero-order valence-corrected chi connectivity index (χ0v) is 16.2. The molecule has 154 valence electrons. The van der Waals surface area contributed by atoms with Crippen molar-refractivity contribution < 1.29 is 14.7 Å². The van der Waals surface area contributed by atoms with Crippen LogP contribution in [0.5, 0.6) is 0 Å². The molecular weight excluding hydrogens is 370 g/mol. The number of hydrogen-bond acceptors (Lipinski definition) is 6. The van der Waals surface area contributed by atoms with Crippen LogP contribution in [0.15, 0.2) is 59.7 Å². The van der Waals surface area contributed by atoms with Crippen molar-refractivity contribution in [3.05, 3.63) is 71.3 Å². The Morgan fingerprint density at radius 1 is 1.03 bits per heavy atom. The van der Waals surface area contributed by atoms with Crippen molar-refractivity contribution in [2.75, 3.05) is 19.7 Å². The Labute approximate surface area is 170 Å². The smallest absolute Gasteiger partial charge is 0.239 e. The summed E-state index contributed by atoms with van der Waals surface area (Å²) in [5.41, 5.74) is 2.93. The average Bonchev–Trinajstić information content (AvgIpc) is 2.75. The second-order valence-corrected chi connectivity index (χ2v) is 6.44. The first-order valence-electron chi connectivity index (χ1n) is 9.37. The third kappa shape index (κ3) is 8.12. The molecule has 8 heteroatoms. The summed E-state index contributed by atoms with van der Waals surface area (Å²) >= 11 is 0. The highest BCUT2D eigenvalue weighted by Crippen LogP contribution is 2.03. The monoisotopic (exact) mass is 397 g/mol. The van der Waals surface area contributed by atoms with E-state index < -0.39 is 11.9 Å². The molecule has 2 aromatic carbocycles. The largest absolute Gasteiger partial charge is 0.394 e. The van der Waals surface area contributed by atoms with Crippen LogP contribution in [-0.2, 0) is 22.6 Å². The van der Waals surface area contributed by atoms with Crippen LogP contribution in [0.1, 0.15) is 16.7 Å². The SMILES string of the molecule is NN=Cc1ccc(CNC(CO)C(=O)NCC(=O)NCCc2ccccc2)cc1. The highest BCUT2D eigenvalue weighted by molar-refractivity contribution is 5.87. The molecule has 29 heavy (non-hydrogen) atoms. The molecule has 6 N–H and O–H groups in total. The minimum atomic E-state index is -0.808. The van der Waals surface area contributed by atoms with Crippen LogP contribution in [0, 0.1) is 0 Å². The van der Waals surface area contributed by atoms with Gasteiger partial charge in [0.05, 0.1) is 19.4 Å². The van der Waals surface area contributed by atoms with Gasteiger partial charge >= 0.3 is 0 Å². The molecule has 0 saturated carbocycles. The zero-order valence-electron chi connectivity index (χ0n) is 16.2. The summed E-state index contributed by atoms with van der Waals surface area (Å²) in [5, 5.41) is 21.2. The predicted octanol–water partition coefficient (Wildman–Crippen LogP) is -0.0952. The van der Waals surface area contributed by atoms with Gasteiger partial charge in [0.15, 0.2) is 0 Å². The molecule has 0 spiro atoms. The zero-order chi connectivity index (χ0) is 20.9. The lowest BCUT2D eigenvalue weighted by Gasteiger charge is -2.16. The quantitative estimate of drug-likeness (QED) is 0.206. The van der Waals surface area contributed by atoms with Crippen LogP contribution in [-0.4, -0.2) is 48.9 Å². The number of aliphatic hydroxyl groups is 1. The minimum absolute atomic E-state index is 0.140. The van der Waals surface area contributed by atoms with Crippen molar-refractivity contribution in [2.45, 2.75) is 19.0 Å². The van der Waals surface area contributed by atoms with Gasteiger partial charge in [0.25, 0.3) is 0 Å². The Balaban J connectivity index is 1.69. The second kappa shape index (κ2) is 12.3. The second-order valence-electron chi connectivity index (χ2n) is 6.44. The Hall–Kier alpha value is -3.23. The Morgan fingerprint density at radius 2 is 1.76 bits per heavy atom. The lowest BCUT2D eigenvalue weighted by atomic mass is 10.1. The van der Waals surface area contributed by atoms with Crippen molar-refractivity contribution in [1.82, 2.24) is 16.0 Å². The van der Waals surface area contributed by atoms with Crippen LogP contribution in [0.2, 0.25) is 0 Å². The van der Waals surface area contributed by atoms with Gasteiger partial charge in [-0.3, -0.25) is 14.9 Å². The number of carbonyl (C=O) groups is 2. The third-order valence-electron chi connectivity index (χ3n) is 4.26. The Morgan fingerprint density at radius 3 is 2.41 bits per heavy atom. The fourth-order valence-electron chi connectivity index (χ4n) is 2.63. The van der Waals surface area contributed by atoms with Crippen LogP contribution in [0.4, 0.5) is 0 Å². The molecule has 8 nitrogen and oxygen atoms in total. The predicted molar refractivity (Wildman–Crippen MR) is 112 cm³/mol. The number of nitrogens with two attached hydrogens (primary N) is 1. The molecule has 0 heterocycles. The van der Waals surface area contributed by atoms with Crippen LogP contribution in [0.3, 0.4) is 0 Å². The van der Waals surface area contributed by atoms with Crippen LogP contribution < -0.4 is 21.8 Å². The summed E-state index contributed by atoms with van der Waals surface area (Å²) in [6.45, 7) is 0.367. The van der Waals surface area contributed by atoms with Gasteiger partial charge in [-0.1, -0.05) is 54.6 Å². The summed E-state index contributed by atoms with van der Waals surface area (Å²) in [4.78, 5) is 24.1. The number of rotatable bonds is 11. The molecule has 0 aliphatic heterocycles. The van der Waals surface area contributed by atoms with Gasteiger partial charge in [0.1, 0.15) is 6.04 Å². The molecule has 2 aromatic rings. The lowest BCUT2D eigenvalue weighted by molar-refractivity contribution is -0.128. The number of nitrogens with zero attached hydrogens (tertiary/aromatic N) is 1. The molecule has 0 aromatic heterocycles. The minimum Gasteiger partial charge on any atom is -0.394 e. The van der Waals surface area contributed by atoms with Crippen LogP contribution >= 0.6 is 0 Å². The lowest BCUT2D eigenvalue weighted by Crippen LogP contribution is -2.48. The first-order valence-corrected chi connectivity index (χ1v) is 9.37. The van der Waals surface area contributed by atoms with E-state index in [1.807, 2.05) is 54.6 Å². The molecule has 0 radical (unpaired) electrons. The highest BCUT2D eigenvalue weighted by atomic mass is 16.3. The van der Waals surface area contributed by atoms with Crippen molar-refractivity contribution >= 4 is 18.0 Å². The summed E-state index contributed by atoms with van der Waals surface area (Å²) in [6, 6.07) is 16.4. The van der Waals surface area contributed by atoms with E-state index in [0.717, 1.165) is 23.1 Å². The number of amides is 2. The maximum Gasteiger partial charge on any atom is 0.239 e. The molecule has 0 aliphatic carbocycles. The molecular formula is C21H27N5O3. The molecule has 0 saturated heterocycles. The van der Waals surface area contributed by atoms with Gasteiger partial charge in [0.2, 0.25) is 11.8 Å². The van der Waals surface area contributed by atoms with Crippen molar-refractivity contribution in [3.8, 4) is 0 Å². The maximum atomic E-state index is 12.2. The first-order chi connectivity index (χ1) is 14.1. The number of carbonyl (C=O) groups excluding carboxylic acids is 2. The van der Waals surface area contributed by atoms with Crippen molar-refractivity contribution in [2.24, 2.45) is 10.9 Å². The van der Waals surface area contributed by atoms with Gasteiger partial charge in [-0.2, -0.15) is 5.10 Å². The maximum absolute atomic E-state index is 12.2. The molecule has 0 fully saturated rings. The molecule has 1 atom stereocenters. The average molecular weight is 397 g/mol. The number of hydrogen-bond donors (Lipinski definition) is 5. The van der Waals surface area contributed by atoms with E-state index in [4.69, 9.17) is 5.84 Å². The van der Waals surface area contributed by atoms with Gasteiger partial charge in [0, 0.05) is 13.1 Å². The number of hydrazone groups is 1. The third-order valence-corrected chi connectivity index (χ3v) is 4.26. The topological polar surface area (TPSA) is 129 Å². The highest BCUT2D eigenvalue weighted by Gasteiger charge is 2.17. The van der Waals surface area contributed by atoms with E-state index in [1.54, 1.807) is 0 Å². The van der Waals surface area contributed by atoms with E-state index >= 15 is 0 Å². The Bertz CT molecular complexity index is 794. The van der Waals surface area contributed by atoms with E-state index in [9.17, 15) is 14.7 Å². The molecule has 1 unspecified atom stereocenters. The summed E-state index contributed by atoms with van der Waals surface area (Å²) < 4.78 is 0. The fourth-order valence-corrected chi connectivity index (χ4v) is 2.63. The van der Waals surface area contributed by atoms with Crippen molar-refractivity contribution in [3.63, 3.8) is 0 Å². The van der Waals surface area contributed by atoms with Crippen molar-refractivity contribution in [1.29, 1.82) is 0 Å². The van der Waals surface area contributed by atoms with Crippen LogP contribution in [0.25, 0.3) is 0 Å². The summed E-state index contributed by atoms with van der Waals surface area (Å²) in [6.07, 6.45) is 2.25. The first kappa shape index (κ1) is 22.1. The molecule has 2 amide bonds. The molecule has 0 aliphatic rings. The molecule has 0 bridgehead atoms.